The topological polar surface area (TPSA) is 54.2 Å². The molecule has 0 bridgehead atoms. The van der Waals surface area contributed by atoms with Gasteiger partial charge in [0.25, 0.3) is 0 Å². The average molecular weight is 234 g/mol. The van der Waals surface area contributed by atoms with E-state index < -0.39 is 0 Å². The molecule has 1 aromatic carbocycles. The average Bonchev–Trinajstić information content (AvgIpc) is 2.65. The van der Waals surface area contributed by atoms with Crippen LogP contribution in [0.3, 0.4) is 0 Å². The van der Waals surface area contributed by atoms with E-state index >= 15 is 0 Å². The predicted octanol–water partition coefficient (Wildman–Crippen LogP) is 2.53. The van der Waals surface area contributed by atoms with Crippen LogP contribution in [0.2, 0.25) is 0 Å². The van der Waals surface area contributed by atoms with Crippen molar-refractivity contribution in [2.75, 3.05) is 30.0 Å². The van der Waals surface area contributed by atoms with Gasteiger partial charge in [-0.15, -0.1) is 0 Å². The number of nitrogen functional groups attached to an aromatic ring is 1. The highest BCUT2D eigenvalue weighted by Crippen LogP contribution is 2.24. The molecular formula is C11H14N4S. The Kier molecular flexibility index (Phi) is 2.96. The maximum atomic E-state index is 5.61. The largest absolute Gasteiger partial charge is 0.389 e. The number of benzene rings is 1. The van der Waals surface area contributed by atoms with Gasteiger partial charge in [0.15, 0.2) is 5.13 Å². The summed E-state index contributed by atoms with van der Waals surface area (Å²) in [5.41, 5.74) is 7.79. The first kappa shape index (κ1) is 10.8. The molecule has 0 unspecified atom stereocenters. The SMILES string of the molecule is CN(C)c1ccc(Nc2ncc(N)s2)cc1. The fourth-order valence-corrected chi connectivity index (χ4v) is 1.91. The van der Waals surface area contributed by atoms with Gasteiger partial charge in [-0.2, -0.15) is 0 Å². The molecule has 3 N–H and O–H groups in total. The number of anilines is 4. The van der Waals surface area contributed by atoms with Crippen molar-refractivity contribution >= 4 is 32.8 Å². The van der Waals surface area contributed by atoms with Gasteiger partial charge in [-0.3, -0.25) is 0 Å². The molecule has 84 valence electrons. The van der Waals surface area contributed by atoms with E-state index in [1.165, 1.54) is 17.0 Å². The lowest BCUT2D eigenvalue weighted by atomic mass is 10.2. The summed E-state index contributed by atoms with van der Waals surface area (Å²) in [6, 6.07) is 8.15. The second-order valence-corrected chi connectivity index (χ2v) is 4.70. The lowest BCUT2D eigenvalue weighted by molar-refractivity contribution is 1.13. The highest BCUT2D eigenvalue weighted by atomic mass is 32.1. The Morgan fingerprint density at radius 3 is 2.44 bits per heavy atom. The van der Waals surface area contributed by atoms with Gasteiger partial charge in [-0.25, -0.2) is 4.98 Å². The van der Waals surface area contributed by atoms with Crippen LogP contribution < -0.4 is 16.0 Å². The molecule has 1 heterocycles. The van der Waals surface area contributed by atoms with E-state index in [0.717, 1.165) is 10.8 Å². The number of nitrogens with zero attached hydrogens (tertiary/aromatic N) is 2. The van der Waals surface area contributed by atoms with E-state index in [4.69, 9.17) is 5.73 Å². The molecule has 0 amide bonds. The minimum atomic E-state index is 0.715. The number of hydrogen-bond acceptors (Lipinski definition) is 5. The van der Waals surface area contributed by atoms with Gasteiger partial charge < -0.3 is 16.0 Å². The molecule has 0 aliphatic heterocycles. The zero-order chi connectivity index (χ0) is 11.5. The summed E-state index contributed by atoms with van der Waals surface area (Å²) < 4.78 is 0. The molecule has 0 atom stereocenters. The van der Waals surface area contributed by atoms with Crippen LogP contribution >= 0.6 is 11.3 Å². The van der Waals surface area contributed by atoms with Gasteiger partial charge in [0.05, 0.1) is 6.20 Å². The predicted molar refractivity (Wildman–Crippen MR) is 70.6 cm³/mol. The van der Waals surface area contributed by atoms with Crippen LogP contribution in [0.5, 0.6) is 0 Å². The summed E-state index contributed by atoms with van der Waals surface area (Å²) in [5, 5.41) is 4.73. The molecule has 0 saturated carbocycles. The third kappa shape index (κ3) is 2.43. The zero-order valence-corrected chi connectivity index (χ0v) is 10.1. The summed E-state index contributed by atoms with van der Waals surface area (Å²) in [7, 11) is 4.04. The minimum absolute atomic E-state index is 0.715. The number of aromatic nitrogens is 1. The molecule has 0 saturated heterocycles. The third-order valence-corrected chi connectivity index (χ3v) is 2.90. The minimum Gasteiger partial charge on any atom is -0.389 e. The van der Waals surface area contributed by atoms with E-state index in [-0.39, 0.29) is 0 Å². The summed E-state index contributed by atoms with van der Waals surface area (Å²) >= 11 is 1.44. The van der Waals surface area contributed by atoms with E-state index in [2.05, 4.69) is 27.3 Å². The molecule has 0 fully saturated rings. The molecule has 0 spiro atoms. The standard InChI is InChI=1S/C11H14N4S/c1-15(2)9-5-3-8(4-6-9)14-11-13-7-10(12)16-11/h3-7H,12H2,1-2H3,(H,13,14). The van der Waals surface area contributed by atoms with E-state index in [9.17, 15) is 0 Å². The highest BCUT2D eigenvalue weighted by Gasteiger charge is 2.00. The zero-order valence-electron chi connectivity index (χ0n) is 9.27. The van der Waals surface area contributed by atoms with Crippen molar-refractivity contribution in [3.8, 4) is 0 Å². The van der Waals surface area contributed by atoms with Crippen molar-refractivity contribution in [1.29, 1.82) is 0 Å². The molecule has 4 nitrogen and oxygen atoms in total. The molecule has 5 heteroatoms. The molecule has 0 radical (unpaired) electrons. The lowest BCUT2D eigenvalue weighted by Gasteiger charge is -2.12. The maximum Gasteiger partial charge on any atom is 0.189 e. The van der Waals surface area contributed by atoms with Gasteiger partial charge in [-0.05, 0) is 24.3 Å². The summed E-state index contributed by atoms with van der Waals surface area (Å²) in [5.74, 6) is 0. The van der Waals surface area contributed by atoms with Crippen molar-refractivity contribution in [3.63, 3.8) is 0 Å². The van der Waals surface area contributed by atoms with E-state index in [1.54, 1.807) is 6.20 Å². The van der Waals surface area contributed by atoms with Crippen LogP contribution in [-0.2, 0) is 0 Å². The summed E-state index contributed by atoms with van der Waals surface area (Å²) in [6.45, 7) is 0. The summed E-state index contributed by atoms with van der Waals surface area (Å²) in [4.78, 5) is 6.20. The Labute approximate surface area is 98.7 Å². The first-order valence-electron chi connectivity index (χ1n) is 4.91. The van der Waals surface area contributed by atoms with Gasteiger partial charge >= 0.3 is 0 Å². The quantitative estimate of drug-likeness (QED) is 0.857. The normalized spacial score (nSPS) is 10.1. The Morgan fingerprint density at radius 1 is 1.25 bits per heavy atom. The monoisotopic (exact) mass is 234 g/mol. The molecule has 1 aromatic heterocycles. The number of nitrogens with two attached hydrogens (primary N) is 1. The number of thiazole rings is 1. The van der Waals surface area contributed by atoms with Gasteiger partial charge in [-0.1, -0.05) is 11.3 Å². The fourth-order valence-electron chi connectivity index (χ4n) is 1.31. The van der Waals surface area contributed by atoms with Crippen molar-refractivity contribution in [1.82, 2.24) is 4.98 Å². The molecule has 2 rings (SSSR count). The molecular weight excluding hydrogens is 220 g/mol. The van der Waals surface area contributed by atoms with Crippen LogP contribution in [0.1, 0.15) is 0 Å². The van der Waals surface area contributed by atoms with Gasteiger partial charge in [0, 0.05) is 25.5 Å². The molecule has 0 aliphatic carbocycles. The maximum absolute atomic E-state index is 5.61. The Morgan fingerprint density at radius 2 is 1.94 bits per heavy atom. The lowest BCUT2D eigenvalue weighted by Crippen LogP contribution is -2.08. The van der Waals surface area contributed by atoms with E-state index in [1.807, 2.05) is 26.2 Å². The van der Waals surface area contributed by atoms with Crippen LogP contribution in [0.4, 0.5) is 21.5 Å². The van der Waals surface area contributed by atoms with Crippen LogP contribution in [0.15, 0.2) is 30.5 Å². The van der Waals surface area contributed by atoms with Crippen LogP contribution in [0, 0.1) is 0 Å². The van der Waals surface area contributed by atoms with Crippen LogP contribution in [-0.4, -0.2) is 19.1 Å². The Hall–Kier alpha value is -1.75. The van der Waals surface area contributed by atoms with E-state index in [0.29, 0.717) is 5.00 Å². The smallest absolute Gasteiger partial charge is 0.189 e. The van der Waals surface area contributed by atoms with Crippen molar-refractivity contribution in [2.45, 2.75) is 0 Å². The Bertz CT molecular complexity index is 461. The third-order valence-electron chi connectivity index (χ3n) is 2.16. The highest BCUT2D eigenvalue weighted by molar-refractivity contribution is 7.19. The first-order valence-corrected chi connectivity index (χ1v) is 5.72. The van der Waals surface area contributed by atoms with Crippen molar-refractivity contribution in [2.24, 2.45) is 0 Å². The second-order valence-electron chi connectivity index (χ2n) is 3.63. The second kappa shape index (κ2) is 4.40. The first-order chi connectivity index (χ1) is 7.65. The van der Waals surface area contributed by atoms with Crippen molar-refractivity contribution in [3.05, 3.63) is 30.5 Å². The molecule has 16 heavy (non-hydrogen) atoms. The number of hydrogen-bond donors (Lipinski definition) is 2. The molecule has 0 aliphatic rings. The van der Waals surface area contributed by atoms with Crippen molar-refractivity contribution < 1.29 is 0 Å². The number of nitrogens with one attached hydrogen (secondary N) is 1. The van der Waals surface area contributed by atoms with Gasteiger partial charge in [0.2, 0.25) is 0 Å². The van der Waals surface area contributed by atoms with Gasteiger partial charge in [0.1, 0.15) is 5.00 Å². The Balaban J connectivity index is 2.11. The molecule has 2 aromatic rings. The van der Waals surface area contributed by atoms with Crippen LogP contribution in [0.25, 0.3) is 0 Å². The fraction of sp³-hybridized carbons (Fsp3) is 0.182. The summed E-state index contributed by atoms with van der Waals surface area (Å²) in [6.07, 6.45) is 1.65. The number of rotatable bonds is 3.